The number of carbonyl (C=O) groups excluding carboxylic acids is 3. The topological polar surface area (TPSA) is 88.2 Å². The number of carbonyl (C=O) groups is 3. The van der Waals surface area contributed by atoms with E-state index in [0.717, 1.165) is 5.69 Å². The number of nitrogens with zero attached hydrogens (tertiary/aromatic N) is 1. The average molecular weight is 360 g/mol. The molecule has 1 unspecified atom stereocenters. The normalized spacial score (nSPS) is 17.7. The van der Waals surface area contributed by atoms with Gasteiger partial charge in [0.1, 0.15) is 6.04 Å². The van der Waals surface area contributed by atoms with E-state index in [1.165, 1.54) is 0 Å². The van der Waals surface area contributed by atoms with E-state index in [0.29, 0.717) is 21.5 Å². The zero-order chi connectivity index (χ0) is 18.1. The molecular formula is C18H18ClN3O3. The molecule has 1 aliphatic rings. The summed E-state index contributed by atoms with van der Waals surface area (Å²) in [7, 11) is 0. The molecule has 3 rings (SSSR count). The van der Waals surface area contributed by atoms with Crippen molar-refractivity contribution in [1.29, 1.82) is 0 Å². The highest BCUT2D eigenvalue weighted by Gasteiger charge is 2.28. The molecule has 25 heavy (non-hydrogen) atoms. The summed E-state index contributed by atoms with van der Waals surface area (Å²) in [5, 5.41) is 6.07. The monoisotopic (exact) mass is 359 g/mol. The minimum Gasteiger partial charge on any atom is -0.340 e. The lowest BCUT2D eigenvalue weighted by molar-refractivity contribution is -0.134. The molecule has 130 valence electrons. The molecule has 1 aliphatic heterocycles. The Hall–Kier alpha value is -2.47. The van der Waals surface area contributed by atoms with Crippen molar-refractivity contribution < 1.29 is 14.4 Å². The third-order valence-corrected chi connectivity index (χ3v) is 4.41. The molecule has 1 aromatic heterocycles. The second-order valence-electron chi connectivity index (χ2n) is 6.39. The molecule has 2 heterocycles. The minimum absolute atomic E-state index is 0.141. The standard InChI is InChI=1S/C18H18ClN3O3/c1-9(2)15-8-12(11-7-10(19)3-4-13(11)20-15)17(24)21-14-5-6-16(23)22-18(14)25/h3-4,7-9,14H,5-6H2,1-2H3,(H,21,24)(H,22,23,25). The Bertz CT molecular complexity index is 879. The zero-order valence-corrected chi connectivity index (χ0v) is 14.7. The van der Waals surface area contributed by atoms with Gasteiger partial charge in [-0.05, 0) is 36.6 Å². The molecule has 0 spiro atoms. The fourth-order valence-corrected chi connectivity index (χ4v) is 2.94. The van der Waals surface area contributed by atoms with Gasteiger partial charge >= 0.3 is 0 Å². The first-order valence-electron chi connectivity index (χ1n) is 8.10. The van der Waals surface area contributed by atoms with Crippen LogP contribution in [0.5, 0.6) is 0 Å². The van der Waals surface area contributed by atoms with Gasteiger partial charge in [0.2, 0.25) is 11.8 Å². The number of fused-ring (bicyclic) bond motifs is 1. The van der Waals surface area contributed by atoms with Crippen molar-refractivity contribution in [2.24, 2.45) is 0 Å². The van der Waals surface area contributed by atoms with Gasteiger partial charge in [-0.15, -0.1) is 0 Å². The van der Waals surface area contributed by atoms with E-state index in [-0.39, 0.29) is 30.6 Å². The van der Waals surface area contributed by atoms with Crippen LogP contribution in [0, 0.1) is 0 Å². The fraction of sp³-hybridized carbons (Fsp3) is 0.333. The molecule has 2 N–H and O–H groups in total. The Kier molecular flexibility index (Phi) is 4.72. The van der Waals surface area contributed by atoms with Crippen LogP contribution in [0.15, 0.2) is 24.3 Å². The summed E-state index contributed by atoms with van der Waals surface area (Å²) in [4.78, 5) is 40.5. The number of hydrogen-bond donors (Lipinski definition) is 2. The van der Waals surface area contributed by atoms with E-state index in [1.807, 2.05) is 13.8 Å². The van der Waals surface area contributed by atoms with E-state index in [2.05, 4.69) is 15.6 Å². The van der Waals surface area contributed by atoms with Gasteiger partial charge in [0.05, 0.1) is 11.1 Å². The fourth-order valence-electron chi connectivity index (χ4n) is 2.77. The molecule has 0 radical (unpaired) electrons. The lowest BCUT2D eigenvalue weighted by Gasteiger charge is -2.22. The molecule has 0 aliphatic carbocycles. The number of amides is 3. The summed E-state index contributed by atoms with van der Waals surface area (Å²) in [6.45, 7) is 3.98. The predicted octanol–water partition coefficient (Wildman–Crippen LogP) is 2.55. The maximum Gasteiger partial charge on any atom is 0.252 e. The van der Waals surface area contributed by atoms with E-state index >= 15 is 0 Å². The summed E-state index contributed by atoms with van der Waals surface area (Å²) >= 11 is 6.07. The number of piperidine rings is 1. The smallest absolute Gasteiger partial charge is 0.252 e. The van der Waals surface area contributed by atoms with Crippen LogP contribution < -0.4 is 10.6 Å². The molecule has 1 atom stereocenters. The third-order valence-electron chi connectivity index (χ3n) is 4.17. The van der Waals surface area contributed by atoms with Gasteiger partial charge in [-0.25, -0.2) is 0 Å². The van der Waals surface area contributed by atoms with Crippen molar-refractivity contribution in [3.05, 3.63) is 40.5 Å². The van der Waals surface area contributed by atoms with Gasteiger partial charge in [-0.2, -0.15) is 0 Å². The van der Waals surface area contributed by atoms with Crippen LogP contribution in [-0.2, 0) is 9.59 Å². The van der Waals surface area contributed by atoms with Crippen LogP contribution in [-0.4, -0.2) is 28.7 Å². The highest BCUT2D eigenvalue weighted by Crippen LogP contribution is 2.25. The highest BCUT2D eigenvalue weighted by molar-refractivity contribution is 6.31. The summed E-state index contributed by atoms with van der Waals surface area (Å²) in [6.07, 6.45) is 0.494. The number of aromatic nitrogens is 1. The first kappa shape index (κ1) is 17.4. The van der Waals surface area contributed by atoms with E-state index < -0.39 is 11.9 Å². The first-order valence-corrected chi connectivity index (χ1v) is 8.47. The molecule has 7 heteroatoms. The molecule has 2 aromatic rings. The Balaban J connectivity index is 1.98. The lowest BCUT2D eigenvalue weighted by atomic mass is 10.0. The quantitative estimate of drug-likeness (QED) is 0.824. The number of pyridine rings is 1. The van der Waals surface area contributed by atoms with Gasteiger partial charge in [-0.3, -0.25) is 24.7 Å². The van der Waals surface area contributed by atoms with E-state index in [4.69, 9.17) is 11.6 Å². The molecule has 1 aromatic carbocycles. The van der Waals surface area contributed by atoms with E-state index in [9.17, 15) is 14.4 Å². The minimum atomic E-state index is -0.727. The van der Waals surface area contributed by atoms with Crippen LogP contribution in [0.2, 0.25) is 5.02 Å². The molecule has 0 saturated carbocycles. The van der Waals surface area contributed by atoms with Crippen LogP contribution in [0.4, 0.5) is 0 Å². The number of halogens is 1. The molecule has 6 nitrogen and oxygen atoms in total. The molecule has 1 fully saturated rings. The van der Waals surface area contributed by atoms with Crippen LogP contribution in [0.25, 0.3) is 10.9 Å². The Labute approximate surface area is 149 Å². The number of imide groups is 1. The Morgan fingerprint density at radius 1 is 1.32 bits per heavy atom. The van der Waals surface area contributed by atoms with Crippen LogP contribution >= 0.6 is 11.6 Å². The molecule has 3 amide bonds. The zero-order valence-electron chi connectivity index (χ0n) is 13.9. The van der Waals surface area contributed by atoms with Crippen molar-refractivity contribution in [3.8, 4) is 0 Å². The maximum atomic E-state index is 12.8. The van der Waals surface area contributed by atoms with Crippen molar-refractivity contribution >= 4 is 40.2 Å². The number of hydrogen-bond acceptors (Lipinski definition) is 4. The maximum absolute atomic E-state index is 12.8. The number of rotatable bonds is 3. The van der Waals surface area contributed by atoms with Gasteiger partial charge in [-0.1, -0.05) is 25.4 Å². The predicted molar refractivity (Wildman–Crippen MR) is 94.5 cm³/mol. The Morgan fingerprint density at radius 3 is 2.76 bits per heavy atom. The molecule has 0 bridgehead atoms. The highest BCUT2D eigenvalue weighted by atomic mass is 35.5. The van der Waals surface area contributed by atoms with Gasteiger partial charge < -0.3 is 5.32 Å². The van der Waals surface area contributed by atoms with E-state index in [1.54, 1.807) is 24.3 Å². The van der Waals surface area contributed by atoms with Crippen molar-refractivity contribution in [1.82, 2.24) is 15.6 Å². The molecular weight excluding hydrogens is 342 g/mol. The summed E-state index contributed by atoms with van der Waals surface area (Å²) in [6, 6.07) is 6.18. The SMILES string of the molecule is CC(C)c1cc(C(=O)NC2CCC(=O)NC2=O)c2cc(Cl)ccc2n1. The average Bonchev–Trinajstić information content (AvgIpc) is 2.56. The van der Waals surface area contributed by atoms with Crippen molar-refractivity contribution in [2.75, 3.05) is 0 Å². The number of benzene rings is 1. The van der Waals surface area contributed by atoms with Gasteiger partial charge in [0.15, 0.2) is 0 Å². The van der Waals surface area contributed by atoms with Crippen LogP contribution in [0.1, 0.15) is 48.7 Å². The summed E-state index contributed by atoms with van der Waals surface area (Å²) in [5.41, 5.74) is 1.87. The Morgan fingerprint density at radius 2 is 2.08 bits per heavy atom. The second kappa shape index (κ2) is 6.80. The molecule has 1 saturated heterocycles. The largest absolute Gasteiger partial charge is 0.340 e. The third kappa shape index (κ3) is 3.64. The number of nitrogens with one attached hydrogen (secondary N) is 2. The van der Waals surface area contributed by atoms with Crippen molar-refractivity contribution in [3.63, 3.8) is 0 Å². The van der Waals surface area contributed by atoms with Crippen LogP contribution in [0.3, 0.4) is 0 Å². The van der Waals surface area contributed by atoms with Gasteiger partial charge in [0, 0.05) is 22.5 Å². The first-order chi connectivity index (χ1) is 11.8. The second-order valence-corrected chi connectivity index (χ2v) is 6.82. The lowest BCUT2D eigenvalue weighted by Crippen LogP contribution is -2.52. The summed E-state index contributed by atoms with van der Waals surface area (Å²) < 4.78 is 0. The summed E-state index contributed by atoms with van der Waals surface area (Å²) in [5.74, 6) is -1.04. The van der Waals surface area contributed by atoms with Gasteiger partial charge in [0.25, 0.3) is 5.91 Å². The van der Waals surface area contributed by atoms with Crippen molar-refractivity contribution in [2.45, 2.75) is 38.6 Å².